The molecule has 106 valence electrons. The van der Waals surface area contributed by atoms with Crippen LogP contribution in [0.25, 0.3) is 0 Å². The number of rotatable bonds is 7. The van der Waals surface area contributed by atoms with Crippen molar-refractivity contribution < 1.29 is 14.6 Å². The molecule has 1 aromatic carbocycles. The summed E-state index contributed by atoms with van der Waals surface area (Å²) in [6.45, 7) is 5.88. The highest BCUT2D eigenvalue weighted by molar-refractivity contribution is 5.76. The van der Waals surface area contributed by atoms with E-state index in [9.17, 15) is 4.79 Å². The van der Waals surface area contributed by atoms with Crippen molar-refractivity contribution in [2.24, 2.45) is 5.41 Å². The van der Waals surface area contributed by atoms with Gasteiger partial charge in [-0.15, -0.1) is 0 Å². The average molecular weight is 264 g/mol. The summed E-state index contributed by atoms with van der Waals surface area (Å²) in [4.78, 5) is 12.0. The molecule has 0 saturated carbocycles. The predicted octanol–water partition coefficient (Wildman–Crippen LogP) is 3.13. The van der Waals surface area contributed by atoms with E-state index < -0.39 is 5.41 Å². The van der Waals surface area contributed by atoms with Crippen molar-refractivity contribution in [2.45, 2.75) is 39.5 Å². The molecule has 1 atom stereocenters. The number of aliphatic hydroxyl groups excluding tert-OH is 1. The van der Waals surface area contributed by atoms with E-state index in [4.69, 9.17) is 9.84 Å². The van der Waals surface area contributed by atoms with Crippen LogP contribution < -0.4 is 0 Å². The van der Waals surface area contributed by atoms with Gasteiger partial charge < -0.3 is 9.84 Å². The van der Waals surface area contributed by atoms with Gasteiger partial charge in [0.1, 0.15) is 6.61 Å². The van der Waals surface area contributed by atoms with Crippen molar-refractivity contribution in [1.29, 1.82) is 0 Å². The molecule has 0 heterocycles. The van der Waals surface area contributed by atoms with Gasteiger partial charge in [0.2, 0.25) is 0 Å². The standard InChI is InChI=1S/C16H24O3/c1-4-13(14-8-6-5-7-9-14)12-16(2,3)15(18)19-11-10-17/h5-9,13,17H,4,10-12H2,1-3H3. The molecule has 0 fully saturated rings. The van der Waals surface area contributed by atoms with Crippen molar-refractivity contribution >= 4 is 5.97 Å². The monoisotopic (exact) mass is 264 g/mol. The number of hydrogen-bond donors (Lipinski definition) is 1. The maximum absolute atomic E-state index is 12.0. The minimum absolute atomic E-state index is 0.0738. The first-order chi connectivity index (χ1) is 9.01. The van der Waals surface area contributed by atoms with Crippen molar-refractivity contribution in [3.63, 3.8) is 0 Å². The number of carbonyl (C=O) groups is 1. The predicted molar refractivity (Wildman–Crippen MR) is 75.9 cm³/mol. The first-order valence-electron chi connectivity index (χ1n) is 6.84. The molecule has 19 heavy (non-hydrogen) atoms. The van der Waals surface area contributed by atoms with Crippen molar-refractivity contribution in [3.8, 4) is 0 Å². The average Bonchev–Trinajstić information content (AvgIpc) is 2.43. The van der Waals surface area contributed by atoms with Crippen LogP contribution in [0.2, 0.25) is 0 Å². The van der Waals surface area contributed by atoms with Gasteiger partial charge in [-0.2, -0.15) is 0 Å². The second kappa shape index (κ2) is 7.29. The highest BCUT2D eigenvalue weighted by atomic mass is 16.5. The maximum atomic E-state index is 12.0. The molecule has 1 N–H and O–H groups in total. The molecule has 0 radical (unpaired) electrons. The fourth-order valence-electron chi connectivity index (χ4n) is 2.26. The summed E-state index contributed by atoms with van der Waals surface area (Å²) in [7, 11) is 0. The molecule has 0 aliphatic rings. The number of carbonyl (C=O) groups excluding carboxylic acids is 1. The van der Waals surface area contributed by atoms with Gasteiger partial charge >= 0.3 is 5.97 Å². The molecule has 0 aliphatic heterocycles. The minimum Gasteiger partial charge on any atom is -0.463 e. The fraction of sp³-hybridized carbons (Fsp3) is 0.562. The lowest BCUT2D eigenvalue weighted by Gasteiger charge is -2.27. The number of aliphatic hydroxyl groups is 1. The molecule has 1 rings (SSSR count). The molecule has 0 bridgehead atoms. The molecular weight excluding hydrogens is 240 g/mol. The minimum atomic E-state index is -0.536. The van der Waals surface area contributed by atoms with Crippen LogP contribution >= 0.6 is 0 Å². The van der Waals surface area contributed by atoms with E-state index in [2.05, 4.69) is 19.1 Å². The molecular formula is C16H24O3. The second-order valence-corrected chi connectivity index (χ2v) is 5.46. The molecule has 1 aromatic rings. The van der Waals surface area contributed by atoms with Gasteiger partial charge in [0.05, 0.1) is 12.0 Å². The van der Waals surface area contributed by atoms with Gasteiger partial charge in [-0.1, -0.05) is 37.3 Å². The Labute approximate surface area is 115 Å². The highest BCUT2D eigenvalue weighted by Gasteiger charge is 2.32. The van der Waals surface area contributed by atoms with E-state index in [1.165, 1.54) is 5.56 Å². The summed E-state index contributed by atoms with van der Waals surface area (Å²) in [6.07, 6.45) is 1.73. The molecule has 0 spiro atoms. The largest absolute Gasteiger partial charge is 0.463 e. The van der Waals surface area contributed by atoms with Crippen LogP contribution in [0.1, 0.15) is 45.1 Å². The van der Waals surface area contributed by atoms with Crippen LogP contribution in [-0.2, 0) is 9.53 Å². The first-order valence-corrected chi connectivity index (χ1v) is 6.84. The zero-order chi connectivity index (χ0) is 14.3. The topological polar surface area (TPSA) is 46.5 Å². The molecule has 1 unspecified atom stereocenters. The van der Waals surface area contributed by atoms with Crippen LogP contribution in [0.4, 0.5) is 0 Å². The zero-order valence-electron chi connectivity index (χ0n) is 12.1. The van der Waals surface area contributed by atoms with Gasteiger partial charge in [-0.3, -0.25) is 4.79 Å². The lowest BCUT2D eigenvalue weighted by molar-refractivity contribution is -0.155. The molecule has 0 aromatic heterocycles. The molecule has 0 amide bonds. The molecule has 0 aliphatic carbocycles. The number of benzene rings is 1. The first kappa shape index (κ1) is 15.7. The Hall–Kier alpha value is -1.35. The smallest absolute Gasteiger partial charge is 0.311 e. The third-order valence-corrected chi connectivity index (χ3v) is 3.40. The highest BCUT2D eigenvalue weighted by Crippen LogP contribution is 2.34. The quantitative estimate of drug-likeness (QED) is 0.770. The van der Waals surface area contributed by atoms with Crippen molar-refractivity contribution in [2.75, 3.05) is 13.2 Å². The van der Waals surface area contributed by atoms with Gasteiger partial charge in [0.25, 0.3) is 0 Å². The summed E-state index contributed by atoms with van der Waals surface area (Å²) in [6, 6.07) is 10.2. The van der Waals surface area contributed by atoms with Crippen LogP contribution in [0, 0.1) is 5.41 Å². The van der Waals surface area contributed by atoms with Crippen molar-refractivity contribution in [1.82, 2.24) is 0 Å². The Morgan fingerprint density at radius 1 is 1.32 bits per heavy atom. The Bertz CT molecular complexity index is 384. The van der Waals surface area contributed by atoms with Gasteiger partial charge in [-0.25, -0.2) is 0 Å². The van der Waals surface area contributed by atoms with Crippen LogP contribution in [0.3, 0.4) is 0 Å². The van der Waals surface area contributed by atoms with E-state index in [0.717, 1.165) is 12.8 Å². The van der Waals surface area contributed by atoms with Gasteiger partial charge in [0.15, 0.2) is 0 Å². The molecule has 0 saturated heterocycles. The van der Waals surface area contributed by atoms with E-state index in [1.807, 2.05) is 32.0 Å². The van der Waals surface area contributed by atoms with Gasteiger partial charge in [0, 0.05) is 0 Å². The number of hydrogen-bond acceptors (Lipinski definition) is 3. The Morgan fingerprint density at radius 3 is 2.47 bits per heavy atom. The Balaban J connectivity index is 2.71. The normalized spacial score (nSPS) is 13.1. The fourth-order valence-corrected chi connectivity index (χ4v) is 2.26. The van der Waals surface area contributed by atoms with Gasteiger partial charge in [-0.05, 0) is 38.2 Å². The summed E-state index contributed by atoms with van der Waals surface area (Å²) < 4.78 is 5.05. The molecule has 3 heteroatoms. The van der Waals surface area contributed by atoms with E-state index >= 15 is 0 Å². The van der Waals surface area contributed by atoms with E-state index in [1.54, 1.807) is 0 Å². The maximum Gasteiger partial charge on any atom is 0.311 e. The molecule has 3 nitrogen and oxygen atoms in total. The van der Waals surface area contributed by atoms with E-state index in [0.29, 0.717) is 5.92 Å². The van der Waals surface area contributed by atoms with Crippen LogP contribution in [-0.4, -0.2) is 24.3 Å². The summed E-state index contributed by atoms with van der Waals surface area (Å²) >= 11 is 0. The number of ether oxygens (including phenoxy) is 1. The zero-order valence-corrected chi connectivity index (χ0v) is 12.1. The number of esters is 1. The lowest BCUT2D eigenvalue weighted by Crippen LogP contribution is -2.29. The summed E-state index contributed by atoms with van der Waals surface area (Å²) in [5, 5.41) is 8.71. The SMILES string of the molecule is CCC(CC(C)(C)C(=O)OCCO)c1ccccc1. The summed E-state index contributed by atoms with van der Waals surface area (Å²) in [5.41, 5.74) is 0.721. The Morgan fingerprint density at radius 2 is 1.95 bits per heavy atom. The van der Waals surface area contributed by atoms with Crippen LogP contribution in [0.15, 0.2) is 30.3 Å². The lowest BCUT2D eigenvalue weighted by atomic mass is 9.79. The van der Waals surface area contributed by atoms with Crippen LogP contribution in [0.5, 0.6) is 0 Å². The Kier molecular flexibility index (Phi) is 6.03. The third-order valence-electron chi connectivity index (χ3n) is 3.40. The van der Waals surface area contributed by atoms with Crippen molar-refractivity contribution in [3.05, 3.63) is 35.9 Å². The second-order valence-electron chi connectivity index (χ2n) is 5.46. The summed E-state index contributed by atoms with van der Waals surface area (Å²) in [5.74, 6) is 0.105. The third kappa shape index (κ3) is 4.67. The van der Waals surface area contributed by atoms with E-state index in [-0.39, 0.29) is 19.2 Å².